The van der Waals surface area contributed by atoms with Crippen molar-refractivity contribution in [3.05, 3.63) is 28.3 Å². The van der Waals surface area contributed by atoms with Crippen LogP contribution in [0.4, 0.5) is 11.4 Å². The molecule has 0 fully saturated rings. The minimum Gasteiger partial charge on any atom is -0.484 e. The molecule has 0 aliphatic rings. The fourth-order valence-electron chi connectivity index (χ4n) is 1.85. The summed E-state index contributed by atoms with van der Waals surface area (Å²) in [7, 11) is 1.77. The van der Waals surface area contributed by atoms with Crippen LogP contribution >= 0.6 is 0 Å². The Morgan fingerprint density at radius 1 is 1.40 bits per heavy atom. The number of rotatable bonds is 7. The van der Waals surface area contributed by atoms with E-state index in [4.69, 9.17) is 4.74 Å². The molecule has 0 aliphatic heterocycles. The summed E-state index contributed by atoms with van der Waals surface area (Å²) in [4.78, 5) is 12.7. The van der Waals surface area contributed by atoms with Crippen molar-refractivity contribution in [2.45, 2.75) is 39.4 Å². The van der Waals surface area contributed by atoms with E-state index >= 15 is 0 Å². The molecule has 1 aromatic rings. The van der Waals surface area contributed by atoms with Crippen molar-refractivity contribution in [2.75, 3.05) is 18.5 Å². The third kappa shape index (κ3) is 4.38. The van der Waals surface area contributed by atoms with E-state index in [-0.39, 0.29) is 17.5 Å². The van der Waals surface area contributed by atoms with Crippen molar-refractivity contribution in [2.24, 2.45) is 0 Å². The van der Waals surface area contributed by atoms with E-state index in [9.17, 15) is 15.2 Å². The Morgan fingerprint density at radius 3 is 2.55 bits per heavy atom. The molecule has 112 valence electrons. The molecule has 1 rings (SSSR count). The molecule has 1 aromatic carbocycles. The fourth-order valence-corrected chi connectivity index (χ4v) is 1.85. The number of nitro benzene ring substituents is 1. The lowest BCUT2D eigenvalue weighted by molar-refractivity contribution is -0.385. The standard InChI is InChI=1S/C14H22N2O4/c1-10(2)20-13-7-5-6-12(14(13)16(18)19)15(4)9-8-11(3)17/h5-7,10-11,17H,8-9H2,1-4H3. The van der Waals surface area contributed by atoms with Gasteiger partial charge in [0.25, 0.3) is 0 Å². The zero-order valence-electron chi connectivity index (χ0n) is 12.4. The van der Waals surface area contributed by atoms with Gasteiger partial charge in [-0.2, -0.15) is 0 Å². The lowest BCUT2D eigenvalue weighted by Gasteiger charge is -2.21. The van der Waals surface area contributed by atoms with Crippen molar-refractivity contribution >= 4 is 11.4 Å². The predicted octanol–water partition coefficient (Wildman–Crippen LogP) is 2.59. The van der Waals surface area contributed by atoms with Crippen molar-refractivity contribution < 1.29 is 14.8 Å². The Morgan fingerprint density at radius 2 is 2.05 bits per heavy atom. The van der Waals surface area contributed by atoms with Crippen LogP contribution in [0, 0.1) is 10.1 Å². The van der Waals surface area contributed by atoms with Crippen LogP contribution in [0.25, 0.3) is 0 Å². The number of hydrogen-bond acceptors (Lipinski definition) is 5. The summed E-state index contributed by atoms with van der Waals surface area (Å²) in [6, 6.07) is 5.02. The number of benzene rings is 1. The Balaban J connectivity index is 3.08. The third-order valence-corrected chi connectivity index (χ3v) is 2.82. The molecular weight excluding hydrogens is 260 g/mol. The molecule has 0 heterocycles. The van der Waals surface area contributed by atoms with E-state index in [2.05, 4.69) is 0 Å². The SMILES string of the molecule is CC(O)CCN(C)c1cccc(OC(C)C)c1[N+](=O)[O-]. The second-order valence-corrected chi connectivity index (χ2v) is 5.11. The molecule has 0 saturated heterocycles. The number of aliphatic hydroxyl groups excluding tert-OH is 1. The lowest BCUT2D eigenvalue weighted by Crippen LogP contribution is -2.23. The summed E-state index contributed by atoms with van der Waals surface area (Å²) < 4.78 is 5.51. The number of nitro groups is 1. The predicted molar refractivity (Wildman–Crippen MR) is 78.4 cm³/mol. The summed E-state index contributed by atoms with van der Waals surface area (Å²) in [6.07, 6.45) is -0.0264. The van der Waals surface area contributed by atoms with Gasteiger partial charge in [-0.3, -0.25) is 10.1 Å². The molecule has 1 N–H and O–H groups in total. The molecule has 6 heteroatoms. The fraction of sp³-hybridized carbons (Fsp3) is 0.571. The van der Waals surface area contributed by atoms with Crippen molar-refractivity contribution in [3.63, 3.8) is 0 Å². The van der Waals surface area contributed by atoms with Crippen molar-refractivity contribution in [3.8, 4) is 5.75 Å². The number of para-hydroxylation sites is 1. The first-order valence-electron chi connectivity index (χ1n) is 6.66. The van der Waals surface area contributed by atoms with Gasteiger partial charge >= 0.3 is 5.69 Å². The highest BCUT2D eigenvalue weighted by atomic mass is 16.6. The highest BCUT2D eigenvalue weighted by molar-refractivity contribution is 5.69. The average Bonchev–Trinajstić information content (AvgIpc) is 2.34. The first kappa shape index (κ1) is 16.2. The van der Waals surface area contributed by atoms with Gasteiger partial charge in [0, 0.05) is 13.6 Å². The molecule has 1 unspecified atom stereocenters. The average molecular weight is 282 g/mol. The Hall–Kier alpha value is -1.82. The first-order chi connectivity index (χ1) is 9.32. The lowest BCUT2D eigenvalue weighted by atomic mass is 10.2. The van der Waals surface area contributed by atoms with Gasteiger partial charge < -0.3 is 14.7 Å². The summed E-state index contributed by atoms with van der Waals surface area (Å²) in [6.45, 7) is 5.88. The minimum atomic E-state index is -0.438. The summed E-state index contributed by atoms with van der Waals surface area (Å²) in [5.74, 6) is 0.270. The van der Waals surface area contributed by atoms with Gasteiger partial charge in [-0.15, -0.1) is 0 Å². The van der Waals surface area contributed by atoms with Crippen LogP contribution in [-0.2, 0) is 0 Å². The van der Waals surface area contributed by atoms with Crippen LogP contribution in [0.15, 0.2) is 18.2 Å². The molecule has 0 amide bonds. The molecule has 0 spiro atoms. The minimum absolute atomic E-state index is 0.0331. The van der Waals surface area contributed by atoms with E-state index in [1.807, 2.05) is 13.8 Å². The quantitative estimate of drug-likeness (QED) is 0.614. The molecule has 20 heavy (non-hydrogen) atoms. The van der Waals surface area contributed by atoms with Gasteiger partial charge in [-0.1, -0.05) is 6.07 Å². The van der Waals surface area contributed by atoms with Crippen LogP contribution in [0.2, 0.25) is 0 Å². The van der Waals surface area contributed by atoms with Gasteiger partial charge in [-0.05, 0) is 39.3 Å². The number of aliphatic hydroxyl groups is 1. The van der Waals surface area contributed by atoms with Crippen LogP contribution in [0.5, 0.6) is 5.75 Å². The van der Waals surface area contributed by atoms with Gasteiger partial charge in [-0.25, -0.2) is 0 Å². The van der Waals surface area contributed by atoms with E-state index in [0.717, 1.165) is 0 Å². The van der Waals surface area contributed by atoms with Gasteiger partial charge in [0.05, 0.1) is 17.1 Å². The second kappa shape index (κ2) is 7.09. The van der Waals surface area contributed by atoms with Gasteiger partial charge in [0.2, 0.25) is 0 Å². The Bertz CT molecular complexity index is 460. The maximum Gasteiger partial charge on any atom is 0.333 e. The largest absolute Gasteiger partial charge is 0.484 e. The van der Waals surface area contributed by atoms with E-state index in [1.165, 1.54) is 0 Å². The molecule has 6 nitrogen and oxygen atoms in total. The summed E-state index contributed by atoms with van der Waals surface area (Å²) in [5.41, 5.74) is 0.461. The molecule has 0 aromatic heterocycles. The molecule has 0 aliphatic carbocycles. The smallest absolute Gasteiger partial charge is 0.333 e. The van der Waals surface area contributed by atoms with Crippen molar-refractivity contribution in [1.29, 1.82) is 0 Å². The highest BCUT2D eigenvalue weighted by Crippen LogP contribution is 2.37. The third-order valence-electron chi connectivity index (χ3n) is 2.82. The van der Waals surface area contributed by atoms with E-state index in [0.29, 0.717) is 18.7 Å². The first-order valence-corrected chi connectivity index (χ1v) is 6.66. The zero-order valence-corrected chi connectivity index (χ0v) is 12.4. The number of hydrogen-bond donors (Lipinski definition) is 1. The van der Waals surface area contributed by atoms with Crippen LogP contribution in [0.3, 0.4) is 0 Å². The van der Waals surface area contributed by atoms with Crippen LogP contribution in [-0.4, -0.2) is 35.8 Å². The Kier molecular flexibility index (Phi) is 5.76. The van der Waals surface area contributed by atoms with Gasteiger partial charge in [0.1, 0.15) is 5.69 Å². The number of nitrogens with zero attached hydrogens (tertiary/aromatic N) is 2. The molecule has 0 saturated carbocycles. The Labute approximate surface area is 119 Å². The van der Waals surface area contributed by atoms with Gasteiger partial charge in [0.15, 0.2) is 5.75 Å². The van der Waals surface area contributed by atoms with Crippen molar-refractivity contribution in [1.82, 2.24) is 0 Å². The van der Waals surface area contributed by atoms with E-state index in [1.54, 1.807) is 37.1 Å². The zero-order chi connectivity index (χ0) is 15.3. The monoisotopic (exact) mass is 282 g/mol. The molecule has 1 atom stereocenters. The maximum atomic E-state index is 11.3. The number of anilines is 1. The molecular formula is C14H22N2O4. The molecule has 0 bridgehead atoms. The number of ether oxygens (including phenoxy) is 1. The normalized spacial score (nSPS) is 12.3. The molecule has 0 radical (unpaired) electrons. The van der Waals surface area contributed by atoms with Crippen LogP contribution in [0.1, 0.15) is 27.2 Å². The van der Waals surface area contributed by atoms with Crippen LogP contribution < -0.4 is 9.64 Å². The maximum absolute atomic E-state index is 11.3. The topological polar surface area (TPSA) is 75.8 Å². The highest BCUT2D eigenvalue weighted by Gasteiger charge is 2.24. The van der Waals surface area contributed by atoms with E-state index < -0.39 is 11.0 Å². The summed E-state index contributed by atoms with van der Waals surface area (Å²) in [5, 5.41) is 20.6. The second-order valence-electron chi connectivity index (χ2n) is 5.11. The summed E-state index contributed by atoms with van der Waals surface area (Å²) >= 11 is 0.